The standard InChI is InChI=1S/C17H29N3O/c1-12-10-17(14(3)21-12)13(2)20-9-6-16(11-20)19-7-4-15(18)5-8-19/h10,13,15-16H,4-9,11,18H2,1-3H3. The van der Waals surface area contributed by atoms with Gasteiger partial charge in [-0.2, -0.15) is 0 Å². The van der Waals surface area contributed by atoms with Crippen LogP contribution >= 0.6 is 0 Å². The minimum Gasteiger partial charge on any atom is -0.466 e. The zero-order valence-corrected chi connectivity index (χ0v) is 13.6. The van der Waals surface area contributed by atoms with E-state index in [2.05, 4.69) is 29.7 Å². The van der Waals surface area contributed by atoms with Gasteiger partial charge < -0.3 is 10.2 Å². The molecule has 1 aromatic heterocycles. The first-order valence-corrected chi connectivity index (χ1v) is 8.35. The van der Waals surface area contributed by atoms with Gasteiger partial charge in [0.2, 0.25) is 0 Å². The molecule has 0 aliphatic carbocycles. The van der Waals surface area contributed by atoms with Crippen LogP contribution < -0.4 is 5.73 Å². The fraction of sp³-hybridized carbons (Fsp3) is 0.765. The van der Waals surface area contributed by atoms with Crippen LogP contribution in [0.3, 0.4) is 0 Å². The molecule has 118 valence electrons. The van der Waals surface area contributed by atoms with E-state index in [1.54, 1.807) is 0 Å². The van der Waals surface area contributed by atoms with Crippen molar-refractivity contribution in [3.63, 3.8) is 0 Å². The van der Waals surface area contributed by atoms with Gasteiger partial charge in [0.1, 0.15) is 11.5 Å². The highest BCUT2D eigenvalue weighted by molar-refractivity contribution is 5.24. The van der Waals surface area contributed by atoms with Gasteiger partial charge in [-0.1, -0.05) is 0 Å². The fourth-order valence-electron chi connectivity index (χ4n) is 3.96. The second-order valence-electron chi connectivity index (χ2n) is 6.86. The maximum Gasteiger partial charge on any atom is 0.105 e. The number of piperidine rings is 1. The Morgan fingerprint density at radius 1 is 1.19 bits per heavy atom. The van der Waals surface area contributed by atoms with E-state index in [0.29, 0.717) is 18.1 Å². The largest absolute Gasteiger partial charge is 0.466 e. The van der Waals surface area contributed by atoms with Gasteiger partial charge >= 0.3 is 0 Å². The van der Waals surface area contributed by atoms with Gasteiger partial charge in [0.05, 0.1) is 0 Å². The molecule has 4 nitrogen and oxygen atoms in total. The summed E-state index contributed by atoms with van der Waals surface area (Å²) in [6.45, 7) is 11.2. The molecule has 2 aliphatic rings. The van der Waals surface area contributed by atoms with Gasteiger partial charge in [0.15, 0.2) is 0 Å². The van der Waals surface area contributed by atoms with Crippen LogP contribution in [0.15, 0.2) is 10.5 Å². The third kappa shape index (κ3) is 3.17. The highest BCUT2D eigenvalue weighted by atomic mass is 16.3. The predicted octanol–water partition coefficient (Wildman–Crippen LogP) is 2.45. The minimum atomic E-state index is 0.425. The SMILES string of the molecule is Cc1cc(C(C)N2CCC(N3CCC(N)CC3)C2)c(C)o1. The molecule has 4 heteroatoms. The second-order valence-corrected chi connectivity index (χ2v) is 6.86. The first-order chi connectivity index (χ1) is 10.0. The van der Waals surface area contributed by atoms with E-state index >= 15 is 0 Å². The zero-order valence-electron chi connectivity index (χ0n) is 13.6. The number of nitrogens with zero attached hydrogens (tertiary/aromatic N) is 2. The van der Waals surface area contributed by atoms with Crippen molar-refractivity contribution in [1.29, 1.82) is 0 Å². The molecule has 2 N–H and O–H groups in total. The van der Waals surface area contributed by atoms with Gasteiger partial charge in [0, 0.05) is 36.8 Å². The van der Waals surface area contributed by atoms with E-state index in [0.717, 1.165) is 24.4 Å². The lowest BCUT2D eigenvalue weighted by atomic mass is 10.0. The first kappa shape index (κ1) is 15.1. The summed E-state index contributed by atoms with van der Waals surface area (Å²) in [7, 11) is 0. The molecular weight excluding hydrogens is 262 g/mol. The first-order valence-electron chi connectivity index (χ1n) is 8.35. The van der Waals surface area contributed by atoms with Crippen molar-refractivity contribution in [2.45, 2.75) is 58.2 Å². The minimum absolute atomic E-state index is 0.425. The highest BCUT2D eigenvalue weighted by Crippen LogP contribution is 2.30. The van der Waals surface area contributed by atoms with Gasteiger partial charge in [0.25, 0.3) is 0 Å². The molecule has 2 aliphatic heterocycles. The van der Waals surface area contributed by atoms with E-state index in [9.17, 15) is 0 Å². The Balaban J connectivity index is 1.60. The summed E-state index contributed by atoms with van der Waals surface area (Å²) in [5.74, 6) is 2.10. The molecule has 21 heavy (non-hydrogen) atoms. The van der Waals surface area contributed by atoms with Gasteiger partial charge in [-0.15, -0.1) is 0 Å². The Hall–Kier alpha value is -0.840. The van der Waals surface area contributed by atoms with E-state index in [4.69, 9.17) is 10.2 Å². The highest BCUT2D eigenvalue weighted by Gasteiger charge is 2.32. The molecule has 0 bridgehead atoms. The lowest BCUT2D eigenvalue weighted by molar-refractivity contribution is 0.145. The van der Waals surface area contributed by atoms with Crippen molar-refractivity contribution >= 4 is 0 Å². The molecule has 3 rings (SSSR count). The summed E-state index contributed by atoms with van der Waals surface area (Å²) in [5.41, 5.74) is 7.37. The van der Waals surface area contributed by atoms with Crippen molar-refractivity contribution in [2.24, 2.45) is 5.73 Å². The van der Waals surface area contributed by atoms with Crippen LogP contribution in [0.2, 0.25) is 0 Å². The summed E-state index contributed by atoms with van der Waals surface area (Å²) in [4.78, 5) is 5.26. The molecule has 2 atom stereocenters. The number of hydrogen-bond acceptors (Lipinski definition) is 4. The quantitative estimate of drug-likeness (QED) is 0.929. The third-order valence-electron chi connectivity index (χ3n) is 5.36. The van der Waals surface area contributed by atoms with E-state index in [1.807, 2.05) is 6.92 Å². The monoisotopic (exact) mass is 291 g/mol. The average Bonchev–Trinajstić information content (AvgIpc) is 3.06. The summed E-state index contributed by atoms with van der Waals surface area (Å²) in [6.07, 6.45) is 3.60. The Bertz CT molecular complexity index is 476. The topological polar surface area (TPSA) is 45.6 Å². The number of hydrogen-bond donors (Lipinski definition) is 1. The lowest BCUT2D eigenvalue weighted by Gasteiger charge is -2.35. The van der Waals surface area contributed by atoms with Crippen molar-refractivity contribution in [3.05, 3.63) is 23.2 Å². The smallest absolute Gasteiger partial charge is 0.105 e. The number of aryl methyl sites for hydroxylation is 2. The summed E-state index contributed by atoms with van der Waals surface area (Å²) in [5, 5.41) is 0. The van der Waals surface area contributed by atoms with Crippen molar-refractivity contribution < 1.29 is 4.42 Å². The van der Waals surface area contributed by atoms with Crippen LogP contribution in [0.4, 0.5) is 0 Å². The Kier molecular flexibility index (Phi) is 4.38. The molecule has 2 unspecified atom stereocenters. The Morgan fingerprint density at radius 3 is 2.52 bits per heavy atom. The molecule has 0 spiro atoms. The molecule has 2 saturated heterocycles. The zero-order chi connectivity index (χ0) is 15.0. The van der Waals surface area contributed by atoms with E-state index in [1.165, 1.54) is 38.2 Å². The van der Waals surface area contributed by atoms with Crippen molar-refractivity contribution in [1.82, 2.24) is 9.80 Å². The number of rotatable bonds is 3. The molecule has 0 saturated carbocycles. The van der Waals surface area contributed by atoms with Gasteiger partial charge in [-0.05, 0) is 59.2 Å². The van der Waals surface area contributed by atoms with Crippen LogP contribution in [0.25, 0.3) is 0 Å². The number of nitrogens with two attached hydrogens (primary N) is 1. The van der Waals surface area contributed by atoms with Crippen LogP contribution in [0.5, 0.6) is 0 Å². The summed E-state index contributed by atoms with van der Waals surface area (Å²) >= 11 is 0. The molecular formula is C17H29N3O. The lowest BCUT2D eigenvalue weighted by Crippen LogP contribution is -2.46. The van der Waals surface area contributed by atoms with Gasteiger partial charge in [-0.3, -0.25) is 9.80 Å². The number of furan rings is 1. The van der Waals surface area contributed by atoms with Crippen LogP contribution in [0.1, 0.15) is 49.3 Å². The van der Waals surface area contributed by atoms with Crippen molar-refractivity contribution in [2.75, 3.05) is 26.2 Å². The van der Waals surface area contributed by atoms with Gasteiger partial charge in [-0.25, -0.2) is 0 Å². The molecule has 0 aromatic carbocycles. The summed E-state index contributed by atoms with van der Waals surface area (Å²) < 4.78 is 5.70. The van der Waals surface area contributed by atoms with E-state index < -0.39 is 0 Å². The molecule has 2 fully saturated rings. The number of likely N-dealkylation sites (tertiary alicyclic amines) is 2. The molecule has 3 heterocycles. The second kappa shape index (κ2) is 6.11. The fourth-order valence-corrected chi connectivity index (χ4v) is 3.96. The predicted molar refractivity (Wildman–Crippen MR) is 85.4 cm³/mol. The molecule has 0 radical (unpaired) electrons. The normalized spacial score (nSPS) is 27.3. The Morgan fingerprint density at radius 2 is 1.90 bits per heavy atom. The van der Waals surface area contributed by atoms with Crippen molar-refractivity contribution in [3.8, 4) is 0 Å². The molecule has 0 amide bonds. The van der Waals surface area contributed by atoms with Crippen LogP contribution in [0, 0.1) is 13.8 Å². The third-order valence-corrected chi connectivity index (χ3v) is 5.36. The average molecular weight is 291 g/mol. The van der Waals surface area contributed by atoms with Crippen LogP contribution in [-0.4, -0.2) is 48.1 Å². The maximum atomic E-state index is 6.02. The Labute approximate surface area is 128 Å². The maximum absolute atomic E-state index is 6.02. The molecule has 1 aromatic rings. The summed E-state index contributed by atoms with van der Waals surface area (Å²) in [6, 6.07) is 3.80. The van der Waals surface area contributed by atoms with E-state index in [-0.39, 0.29) is 0 Å². The van der Waals surface area contributed by atoms with Crippen LogP contribution in [-0.2, 0) is 0 Å².